The maximum atomic E-state index is 11.7. The molecular weight excluding hydrogens is 279 g/mol. The fourth-order valence-electron chi connectivity index (χ4n) is 1.14. The summed E-state index contributed by atoms with van der Waals surface area (Å²) in [6.45, 7) is 1.47. The summed E-state index contributed by atoms with van der Waals surface area (Å²) in [5, 5.41) is 0.423. The van der Waals surface area contributed by atoms with Gasteiger partial charge < -0.3 is 4.79 Å². The molecule has 0 saturated heterocycles. The monoisotopic (exact) mass is 288 g/mol. The van der Waals surface area contributed by atoms with E-state index < -0.39 is 0 Å². The lowest BCUT2D eigenvalue weighted by Gasteiger charge is -2.03. The molecule has 0 amide bonds. The summed E-state index contributed by atoms with van der Waals surface area (Å²) < 4.78 is 0.804. The van der Waals surface area contributed by atoms with Crippen LogP contribution in [0.1, 0.15) is 30.1 Å². The Morgan fingerprint density at radius 2 is 2.00 bits per heavy atom. The second kappa shape index (κ2) is 5.42. The quantitative estimate of drug-likeness (QED) is 0.793. The average molecular weight is 290 g/mol. The zero-order chi connectivity index (χ0) is 11.4. The standard InChI is InChI=1S/C11H10BrClO2/c1-7(14)2-5-11(15)9-6-8(12)3-4-10(9)13/h3-4,6H,2,5H2,1H3. The van der Waals surface area contributed by atoms with Gasteiger partial charge in [0.25, 0.3) is 0 Å². The van der Waals surface area contributed by atoms with Gasteiger partial charge in [-0.2, -0.15) is 0 Å². The molecule has 0 radical (unpaired) electrons. The van der Waals surface area contributed by atoms with Gasteiger partial charge in [-0.25, -0.2) is 0 Å². The molecule has 15 heavy (non-hydrogen) atoms. The molecule has 0 N–H and O–H groups in total. The molecule has 0 bridgehead atoms. The first kappa shape index (κ1) is 12.4. The van der Waals surface area contributed by atoms with Crippen LogP contribution in [0.5, 0.6) is 0 Å². The van der Waals surface area contributed by atoms with Crippen molar-refractivity contribution in [2.75, 3.05) is 0 Å². The normalized spacial score (nSPS) is 10.1. The Kier molecular flexibility index (Phi) is 4.48. The van der Waals surface area contributed by atoms with Crippen molar-refractivity contribution in [3.05, 3.63) is 33.3 Å². The van der Waals surface area contributed by atoms with Gasteiger partial charge in [0.15, 0.2) is 5.78 Å². The van der Waals surface area contributed by atoms with Crippen LogP contribution in [0.4, 0.5) is 0 Å². The van der Waals surface area contributed by atoms with Gasteiger partial charge in [-0.05, 0) is 25.1 Å². The Bertz CT molecular complexity index is 402. The summed E-state index contributed by atoms with van der Waals surface area (Å²) in [5.74, 6) is -0.0917. The number of hydrogen-bond acceptors (Lipinski definition) is 2. The summed E-state index contributed by atoms with van der Waals surface area (Å²) in [7, 11) is 0. The number of benzene rings is 1. The van der Waals surface area contributed by atoms with Gasteiger partial charge in [-0.3, -0.25) is 4.79 Å². The van der Waals surface area contributed by atoms with Crippen molar-refractivity contribution in [3.63, 3.8) is 0 Å². The van der Waals surface area contributed by atoms with Gasteiger partial charge in [0.05, 0.1) is 5.02 Å². The molecule has 0 saturated carbocycles. The maximum absolute atomic E-state index is 11.7. The topological polar surface area (TPSA) is 34.1 Å². The molecule has 0 heterocycles. The van der Waals surface area contributed by atoms with Crippen molar-refractivity contribution in [2.45, 2.75) is 19.8 Å². The predicted molar refractivity (Wildman–Crippen MR) is 63.4 cm³/mol. The summed E-state index contributed by atoms with van der Waals surface area (Å²) in [6, 6.07) is 5.10. The van der Waals surface area contributed by atoms with Crippen LogP contribution >= 0.6 is 27.5 Å². The first-order valence-corrected chi connectivity index (χ1v) is 5.65. The van der Waals surface area contributed by atoms with Crippen LogP contribution in [0, 0.1) is 0 Å². The zero-order valence-corrected chi connectivity index (χ0v) is 10.6. The molecule has 1 rings (SSSR count). The lowest BCUT2D eigenvalue weighted by atomic mass is 10.1. The molecule has 0 fully saturated rings. The summed E-state index contributed by atoms with van der Waals surface area (Å²) >= 11 is 9.15. The van der Waals surface area contributed by atoms with Crippen molar-refractivity contribution in [1.29, 1.82) is 0 Å². The number of carbonyl (C=O) groups is 2. The first-order chi connectivity index (χ1) is 7.00. The fraction of sp³-hybridized carbons (Fsp3) is 0.273. The third-order valence-electron chi connectivity index (χ3n) is 1.93. The van der Waals surface area contributed by atoms with Gasteiger partial charge in [-0.15, -0.1) is 0 Å². The van der Waals surface area contributed by atoms with Crippen molar-refractivity contribution in [3.8, 4) is 0 Å². The Balaban J connectivity index is 2.81. The van der Waals surface area contributed by atoms with Crippen LogP contribution in [-0.4, -0.2) is 11.6 Å². The van der Waals surface area contributed by atoms with E-state index in [9.17, 15) is 9.59 Å². The van der Waals surface area contributed by atoms with Gasteiger partial charge >= 0.3 is 0 Å². The fourth-order valence-corrected chi connectivity index (χ4v) is 1.72. The summed E-state index contributed by atoms with van der Waals surface area (Å²) in [4.78, 5) is 22.4. The number of rotatable bonds is 4. The molecule has 1 aromatic rings. The minimum absolute atomic E-state index is 0.00877. The van der Waals surface area contributed by atoms with Gasteiger partial charge in [0.1, 0.15) is 5.78 Å². The van der Waals surface area contributed by atoms with Crippen molar-refractivity contribution in [1.82, 2.24) is 0 Å². The molecule has 0 spiro atoms. The minimum Gasteiger partial charge on any atom is -0.300 e. The Hall–Kier alpha value is -0.670. The van der Waals surface area contributed by atoms with E-state index in [-0.39, 0.29) is 24.4 Å². The Morgan fingerprint density at radius 1 is 1.33 bits per heavy atom. The summed E-state index contributed by atoms with van der Waals surface area (Å²) in [6.07, 6.45) is 0.479. The van der Waals surface area contributed by atoms with Gasteiger partial charge in [-0.1, -0.05) is 27.5 Å². The van der Waals surface area contributed by atoms with Crippen LogP contribution in [0.3, 0.4) is 0 Å². The number of Topliss-reactive ketones (excluding diaryl/α,β-unsaturated/α-hetero) is 2. The van der Waals surface area contributed by atoms with E-state index in [4.69, 9.17) is 11.6 Å². The third kappa shape index (κ3) is 3.76. The Labute approximate surface area is 102 Å². The van der Waals surface area contributed by atoms with Crippen molar-refractivity contribution < 1.29 is 9.59 Å². The van der Waals surface area contributed by atoms with Crippen LogP contribution < -0.4 is 0 Å². The largest absolute Gasteiger partial charge is 0.300 e. The van der Waals surface area contributed by atoms with Gasteiger partial charge in [0.2, 0.25) is 0 Å². The summed E-state index contributed by atoms with van der Waals surface area (Å²) in [5.41, 5.74) is 0.465. The molecule has 2 nitrogen and oxygen atoms in total. The van der Waals surface area contributed by atoms with Crippen LogP contribution in [0.15, 0.2) is 22.7 Å². The van der Waals surface area contributed by atoms with E-state index in [1.54, 1.807) is 18.2 Å². The average Bonchev–Trinajstić information content (AvgIpc) is 2.18. The molecule has 1 aromatic carbocycles. The first-order valence-electron chi connectivity index (χ1n) is 4.48. The highest BCUT2D eigenvalue weighted by Crippen LogP contribution is 2.22. The molecule has 0 atom stereocenters. The lowest BCUT2D eigenvalue weighted by Crippen LogP contribution is -2.03. The van der Waals surface area contributed by atoms with Crippen LogP contribution in [0.25, 0.3) is 0 Å². The number of carbonyl (C=O) groups excluding carboxylic acids is 2. The number of hydrogen-bond donors (Lipinski definition) is 0. The molecule has 0 aliphatic heterocycles. The number of ketones is 2. The van der Waals surface area contributed by atoms with E-state index in [1.165, 1.54) is 6.92 Å². The lowest BCUT2D eigenvalue weighted by molar-refractivity contribution is -0.116. The van der Waals surface area contributed by atoms with Crippen LogP contribution in [-0.2, 0) is 4.79 Å². The van der Waals surface area contributed by atoms with Crippen LogP contribution in [0.2, 0.25) is 5.02 Å². The van der Waals surface area contributed by atoms with E-state index in [0.717, 1.165) is 4.47 Å². The highest BCUT2D eigenvalue weighted by atomic mass is 79.9. The molecule has 0 unspecified atom stereocenters. The Morgan fingerprint density at radius 3 is 2.60 bits per heavy atom. The van der Waals surface area contributed by atoms with E-state index in [0.29, 0.717) is 10.6 Å². The second-order valence-electron chi connectivity index (χ2n) is 3.25. The highest BCUT2D eigenvalue weighted by Gasteiger charge is 2.11. The molecule has 0 aliphatic carbocycles. The molecule has 4 heteroatoms. The van der Waals surface area contributed by atoms with E-state index >= 15 is 0 Å². The number of halogens is 2. The second-order valence-corrected chi connectivity index (χ2v) is 4.57. The maximum Gasteiger partial charge on any atom is 0.164 e. The molecule has 0 aliphatic rings. The predicted octanol–water partition coefficient (Wildman–Crippen LogP) is 3.65. The van der Waals surface area contributed by atoms with Gasteiger partial charge in [0, 0.05) is 22.9 Å². The van der Waals surface area contributed by atoms with Crippen molar-refractivity contribution >= 4 is 39.1 Å². The van der Waals surface area contributed by atoms with E-state index in [2.05, 4.69) is 15.9 Å². The smallest absolute Gasteiger partial charge is 0.164 e. The van der Waals surface area contributed by atoms with Crippen molar-refractivity contribution in [2.24, 2.45) is 0 Å². The molecule has 0 aromatic heterocycles. The highest BCUT2D eigenvalue weighted by molar-refractivity contribution is 9.10. The zero-order valence-electron chi connectivity index (χ0n) is 8.22. The molecular formula is C11H10BrClO2. The molecule has 80 valence electrons. The third-order valence-corrected chi connectivity index (χ3v) is 2.76. The minimum atomic E-state index is -0.100. The van der Waals surface area contributed by atoms with E-state index in [1.807, 2.05) is 0 Å². The SMILES string of the molecule is CC(=O)CCC(=O)c1cc(Br)ccc1Cl.